The van der Waals surface area contributed by atoms with Gasteiger partial charge in [0.25, 0.3) is 0 Å². The van der Waals surface area contributed by atoms with E-state index in [0.29, 0.717) is 16.8 Å². The van der Waals surface area contributed by atoms with Crippen LogP contribution in [0.5, 0.6) is 0 Å². The highest BCUT2D eigenvalue weighted by Crippen LogP contribution is 2.33. The van der Waals surface area contributed by atoms with Gasteiger partial charge in [-0.2, -0.15) is 9.78 Å². The molecule has 6 heteroatoms. The second-order valence-corrected chi connectivity index (χ2v) is 6.17. The summed E-state index contributed by atoms with van der Waals surface area (Å²) in [5, 5.41) is 5.00. The fraction of sp³-hybridized carbons (Fsp3) is 0.286. The third-order valence-corrected chi connectivity index (χ3v) is 3.52. The van der Waals surface area contributed by atoms with Crippen molar-refractivity contribution in [3.8, 4) is 5.95 Å². The Labute approximate surface area is 121 Å². The molecule has 3 rings (SSSR count). The standard InChI is InChI=1S/C14H16ClN5/c1-14(2,3)11-10(15)12(16)20(19-11)13-17-8-6-4-5-7-9(8)18-13/h4-7H,16H2,1-3H3,(H,17,18). The summed E-state index contributed by atoms with van der Waals surface area (Å²) in [6.45, 7) is 6.14. The third-order valence-electron chi connectivity index (χ3n) is 3.15. The summed E-state index contributed by atoms with van der Waals surface area (Å²) in [5.74, 6) is 0.969. The zero-order chi connectivity index (χ0) is 14.5. The van der Waals surface area contributed by atoms with Gasteiger partial charge in [-0.1, -0.05) is 44.5 Å². The molecule has 0 spiro atoms. The number of anilines is 1. The number of H-pyrrole nitrogens is 1. The van der Waals surface area contributed by atoms with Gasteiger partial charge in [-0.3, -0.25) is 0 Å². The number of rotatable bonds is 1. The first kappa shape index (κ1) is 13.0. The second-order valence-electron chi connectivity index (χ2n) is 5.79. The number of aromatic nitrogens is 4. The van der Waals surface area contributed by atoms with Gasteiger partial charge in [0.1, 0.15) is 10.8 Å². The van der Waals surface area contributed by atoms with Gasteiger partial charge in [0, 0.05) is 5.41 Å². The van der Waals surface area contributed by atoms with Crippen molar-refractivity contribution in [2.45, 2.75) is 26.2 Å². The Hall–Kier alpha value is -2.01. The zero-order valence-electron chi connectivity index (χ0n) is 11.6. The Kier molecular flexibility index (Phi) is 2.76. The molecule has 3 aromatic rings. The van der Waals surface area contributed by atoms with E-state index in [0.717, 1.165) is 16.7 Å². The normalized spacial score (nSPS) is 12.2. The van der Waals surface area contributed by atoms with Gasteiger partial charge in [0.15, 0.2) is 0 Å². The summed E-state index contributed by atoms with van der Waals surface area (Å²) in [7, 11) is 0. The molecule has 104 valence electrons. The average molecular weight is 290 g/mol. The Morgan fingerprint density at radius 1 is 1.25 bits per heavy atom. The van der Waals surface area contributed by atoms with Gasteiger partial charge in [0.05, 0.1) is 16.7 Å². The molecule has 1 aromatic carbocycles. The number of nitrogens with zero attached hydrogens (tertiary/aromatic N) is 3. The molecular weight excluding hydrogens is 274 g/mol. The lowest BCUT2D eigenvalue weighted by Crippen LogP contribution is -2.13. The van der Waals surface area contributed by atoms with Gasteiger partial charge in [0.2, 0.25) is 5.95 Å². The number of nitrogens with two attached hydrogens (primary N) is 1. The fourth-order valence-electron chi connectivity index (χ4n) is 2.09. The molecule has 0 saturated heterocycles. The van der Waals surface area contributed by atoms with Crippen LogP contribution in [-0.2, 0) is 5.41 Å². The average Bonchev–Trinajstić information content (AvgIpc) is 2.91. The number of nitrogen functional groups attached to an aromatic ring is 1. The largest absolute Gasteiger partial charge is 0.382 e. The van der Waals surface area contributed by atoms with Crippen molar-refractivity contribution < 1.29 is 0 Å². The molecule has 20 heavy (non-hydrogen) atoms. The van der Waals surface area contributed by atoms with Crippen LogP contribution in [0.1, 0.15) is 26.5 Å². The molecule has 2 aromatic heterocycles. The third kappa shape index (κ3) is 1.94. The molecule has 3 N–H and O–H groups in total. The monoisotopic (exact) mass is 289 g/mol. The molecule has 0 saturated carbocycles. The zero-order valence-corrected chi connectivity index (χ0v) is 12.4. The Bertz CT molecular complexity index is 746. The highest BCUT2D eigenvalue weighted by molar-refractivity contribution is 6.33. The second kappa shape index (κ2) is 4.24. The number of benzene rings is 1. The SMILES string of the molecule is CC(C)(C)c1nn(-c2nc3ccccc3[nH]2)c(N)c1Cl. The number of para-hydroxylation sites is 2. The van der Waals surface area contributed by atoms with Gasteiger partial charge in [-0.05, 0) is 12.1 Å². The number of fused-ring (bicyclic) bond motifs is 1. The summed E-state index contributed by atoms with van der Waals surface area (Å²) in [4.78, 5) is 7.68. The maximum absolute atomic E-state index is 6.30. The summed E-state index contributed by atoms with van der Waals surface area (Å²) in [5.41, 5.74) is 8.45. The molecule has 0 atom stereocenters. The number of hydrogen-bond donors (Lipinski definition) is 2. The Morgan fingerprint density at radius 2 is 1.95 bits per heavy atom. The molecule has 0 aliphatic rings. The molecule has 0 fully saturated rings. The van der Waals surface area contributed by atoms with Crippen molar-refractivity contribution in [3.05, 3.63) is 35.0 Å². The first-order chi connectivity index (χ1) is 9.38. The number of aromatic amines is 1. The van der Waals surface area contributed by atoms with Crippen molar-refractivity contribution in [2.75, 3.05) is 5.73 Å². The highest BCUT2D eigenvalue weighted by atomic mass is 35.5. The summed E-state index contributed by atoms with van der Waals surface area (Å²) in [6, 6.07) is 7.77. The van der Waals surface area contributed by atoms with E-state index in [1.165, 1.54) is 0 Å². The number of hydrogen-bond acceptors (Lipinski definition) is 3. The summed E-state index contributed by atoms with van der Waals surface area (Å²) in [6.07, 6.45) is 0. The fourth-order valence-corrected chi connectivity index (χ4v) is 2.49. The molecule has 0 bridgehead atoms. The van der Waals surface area contributed by atoms with Crippen LogP contribution in [0.25, 0.3) is 17.0 Å². The van der Waals surface area contributed by atoms with Crippen molar-refractivity contribution >= 4 is 28.5 Å². The lowest BCUT2D eigenvalue weighted by atomic mass is 9.92. The van der Waals surface area contributed by atoms with E-state index in [4.69, 9.17) is 17.3 Å². The van der Waals surface area contributed by atoms with Crippen LogP contribution in [0.4, 0.5) is 5.82 Å². The molecule has 0 unspecified atom stereocenters. The molecule has 2 heterocycles. The number of imidazole rings is 1. The maximum atomic E-state index is 6.30. The Balaban J connectivity index is 2.19. The van der Waals surface area contributed by atoms with Crippen LogP contribution in [0.15, 0.2) is 24.3 Å². The van der Waals surface area contributed by atoms with E-state index in [9.17, 15) is 0 Å². The molecule has 0 aliphatic carbocycles. The van der Waals surface area contributed by atoms with Crippen molar-refractivity contribution in [2.24, 2.45) is 0 Å². The van der Waals surface area contributed by atoms with Crippen LogP contribution >= 0.6 is 11.6 Å². The van der Waals surface area contributed by atoms with Crippen molar-refractivity contribution in [3.63, 3.8) is 0 Å². The van der Waals surface area contributed by atoms with E-state index in [-0.39, 0.29) is 5.41 Å². The molecule has 0 aliphatic heterocycles. The molecule has 5 nitrogen and oxygen atoms in total. The summed E-state index contributed by atoms with van der Waals surface area (Å²) >= 11 is 6.30. The van der Waals surface area contributed by atoms with E-state index >= 15 is 0 Å². The predicted octanol–water partition coefficient (Wildman–Crippen LogP) is 3.28. The maximum Gasteiger partial charge on any atom is 0.231 e. The number of halogens is 1. The van der Waals surface area contributed by atoms with Gasteiger partial charge in [-0.25, -0.2) is 4.98 Å². The lowest BCUT2D eigenvalue weighted by Gasteiger charge is -2.14. The molecule has 0 radical (unpaired) electrons. The van der Waals surface area contributed by atoms with Crippen molar-refractivity contribution in [1.82, 2.24) is 19.7 Å². The van der Waals surface area contributed by atoms with Crippen LogP contribution in [0.3, 0.4) is 0 Å². The minimum absolute atomic E-state index is 0.178. The van der Waals surface area contributed by atoms with Gasteiger partial charge < -0.3 is 10.7 Å². The predicted molar refractivity (Wildman–Crippen MR) is 81.3 cm³/mol. The highest BCUT2D eigenvalue weighted by Gasteiger charge is 2.26. The minimum atomic E-state index is -0.178. The van der Waals surface area contributed by atoms with E-state index in [1.807, 2.05) is 45.0 Å². The minimum Gasteiger partial charge on any atom is -0.382 e. The quantitative estimate of drug-likeness (QED) is 0.722. The van der Waals surface area contributed by atoms with Crippen LogP contribution in [0.2, 0.25) is 5.02 Å². The van der Waals surface area contributed by atoms with E-state index in [2.05, 4.69) is 15.1 Å². The van der Waals surface area contributed by atoms with Gasteiger partial charge in [-0.15, -0.1) is 0 Å². The van der Waals surface area contributed by atoms with Crippen LogP contribution in [-0.4, -0.2) is 19.7 Å². The van der Waals surface area contributed by atoms with Crippen LogP contribution in [0, 0.1) is 0 Å². The molecular formula is C14H16ClN5. The smallest absolute Gasteiger partial charge is 0.231 e. The van der Waals surface area contributed by atoms with E-state index in [1.54, 1.807) is 4.68 Å². The van der Waals surface area contributed by atoms with Gasteiger partial charge >= 0.3 is 0 Å². The van der Waals surface area contributed by atoms with Crippen molar-refractivity contribution in [1.29, 1.82) is 0 Å². The summed E-state index contributed by atoms with van der Waals surface area (Å²) < 4.78 is 1.56. The lowest BCUT2D eigenvalue weighted by molar-refractivity contribution is 0.559. The number of nitrogens with one attached hydrogen (secondary N) is 1. The molecule has 0 amide bonds. The van der Waals surface area contributed by atoms with E-state index < -0.39 is 0 Å². The first-order valence-corrected chi connectivity index (χ1v) is 6.75. The first-order valence-electron chi connectivity index (χ1n) is 6.37. The topological polar surface area (TPSA) is 72.5 Å². The Morgan fingerprint density at radius 3 is 2.55 bits per heavy atom. The van der Waals surface area contributed by atoms with Crippen LogP contribution < -0.4 is 5.73 Å².